The number of carboxylic acids is 1. The number of carboxylic acid groups (broad SMARTS) is 1. The summed E-state index contributed by atoms with van der Waals surface area (Å²) in [6, 6.07) is 6.74. The molecule has 0 aliphatic heterocycles. The van der Waals surface area contributed by atoms with Gasteiger partial charge in [-0.2, -0.15) is 0 Å². The molecule has 2 aromatic carbocycles. The summed E-state index contributed by atoms with van der Waals surface area (Å²) in [5.74, 6) is -1.88. The predicted molar refractivity (Wildman–Crippen MR) is 132 cm³/mol. The Hall–Kier alpha value is -2.21. The number of urea groups is 1. The quantitative estimate of drug-likeness (QED) is 0.438. The Balaban J connectivity index is 0.00000306. The molecule has 0 bridgehead atoms. The summed E-state index contributed by atoms with van der Waals surface area (Å²) in [4.78, 5) is 37.7. The summed E-state index contributed by atoms with van der Waals surface area (Å²) in [5.41, 5.74) is 2.58. The van der Waals surface area contributed by atoms with Crippen LogP contribution in [0.5, 0.6) is 0 Å². The fraction of sp³-hybridized carbons (Fsp3) is 0.375. The zero-order valence-corrected chi connectivity index (χ0v) is 21.5. The Morgan fingerprint density at radius 3 is 2.11 bits per heavy atom. The van der Waals surface area contributed by atoms with Crippen molar-refractivity contribution in [2.24, 2.45) is 5.92 Å². The minimum atomic E-state index is -1.09. The zero-order chi connectivity index (χ0) is 24.1. The van der Waals surface area contributed by atoms with Gasteiger partial charge in [-0.25, -0.2) is 9.59 Å². The molecule has 35 heavy (non-hydrogen) atoms. The molecule has 184 valence electrons. The Kier molecular flexibility index (Phi) is 12.1. The SMILES string of the molecule is Cc1cccc(C)c1NC(=O)Nc1cc(Cl)c(Cl)cc1C(=O)N[C@H](C(=O)O)C1CCCCC1.[Li+].[OH-]. The number of nitrogens with one attached hydrogen (secondary N) is 3. The van der Waals surface area contributed by atoms with Gasteiger partial charge >= 0.3 is 30.9 Å². The molecule has 1 fully saturated rings. The summed E-state index contributed by atoms with van der Waals surface area (Å²) < 4.78 is 0. The number of carbonyl (C=O) groups is 3. The molecule has 0 unspecified atom stereocenters. The third-order valence-electron chi connectivity index (χ3n) is 5.95. The van der Waals surface area contributed by atoms with Gasteiger partial charge in [-0.15, -0.1) is 0 Å². The minimum Gasteiger partial charge on any atom is -0.870 e. The van der Waals surface area contributed by atoms with Gasteiger partial charge in [0.2, 0.25) is 0 Å². The summed E-state index contributed by atoms with van der Waals surface area (Å²) in [5, 5.41) is 18.0. The molecule has 3 amide bonds. The second kappa shape index (κ2) is 13.8. The number of halogens is 2. The van der Waals surface area contributed by atoms with Gasteiger partial charge in [-0.05, 0) is 55.9 Å². The first-order chi connectivity index (χ1) is 15.7. The molecule has 8 nitrogen and oxygen atoms in total. The average Bonchev–Trinajstić information content (AvgIpc) is 2.77. The van der Waals surface area contributed by atoms with Crippen molar-refractivity contribution in [3.63, 3.8) is 0 Å². The first kappa shape index (κ1) is 30.8. The number of amides is 3. The molecular weight excluding hydrogens is 488 g/mol. The van der Waals surface area contributed by atoms with E-state index in [1.807, 2.05) is 32.0 Å². The molecule has 1 atom stereocenters. The number of anilines is 2. The van der Waals surface area contributed by atoms with Gasteiger partial charge in [0, 0.05) is 5.69 Å². The van der Waals surface area contributed by atoms with Gasteiger partial charge in [-0.1, -0.05) is 60.7 Å². The number of hydrogen-bond acceptors (Lipinski definition) is 4. The second-order valence-corrected chi connectivity index (χ2v) is 9.16. The van der Waals surface area contributed by atoms with Crippen LogP contribution in [0.2, 0.25) is 10.0 Å². The summed E-state index contributed by atoms with van der Waals surface area (Å²) >= 11 is 12.3. The molecule has 11 heteroatoms. The zero-order valence-electron chi connectivity index (χ0n) is 20.0. The van der Waals surface area contributed by atoms with Crippen molar-refractivity contribution in [3.8, 4) is 0 Å². The van der Waals surface area contributed by atoms with Crippen molar-refractivity contribution in [2.75, 3.05) is 10.6 Å². The molecule has 0 radical (unpaired) electrons. The van der Waals surface area contributed by atoms with E-state index in [0.29, 0.717) is 5.69 Å². The van der Waals surface area contributed by atoms with Crippen LogP contribution in [0.4, 0.5) is 16.2 Å². The van der Waals surface area contributed by atoms with Gasteiger partial charge < -0.3 is 26.5 Å². The van der Waals surface area contributed by atoms with Crippen LogP contribution in [0.15, 0.2) is 30.3 Å². The van der Waals surface area contributed by atoms with Crippen LogP contribution in [0.25, 0.3) is 0 Å². The molecule has 0 heterocycles. The van der Waals surface area contributed by atoms with Crippen LogP contribution in [-0.4, -0.2) is 34.5 Å². The predicted octanol–water partition coefficient (Wildman–Crippen LogP) is 2.84. The topological polar surface area (TPSA) is 138 Å². The molecular formula is C24H28Cl2LiN3O5. The summed E-state index contributed by atoms with van der Waals surface area (Å²) in [6.45, 7) is 3.75. The fourth-order valence-corrected chi connectivity index (χ4v) is 4.51. The monoisotopic (exact) mass is 515 g/mol. The third-order valence-corrected chi connectivity index (χ3v) is 6.67. The van der Waals surface area contributed by atoms with Gasteiger partial charge in [0.05, 0.1) is 21.3 Å². The normalized spacial score (nSPS) is 14.1. The number of aliphatic carboxylic acids is 1. The smallest absolute Gasteiger partial charge is 0.870 e. The van der Waals surface area contributed by atoms with Gasteiger partial charge in [0.1, 0.15) is 6.04 Å². The van der Waals surface area contributed by atoms with Crippen molar-refractivity contribution in [1.82, 2.24) is 5.32 Å². The molecule has 0 spiro atoms. The third kappa shape index (κ3) is 7.89. The van der Waals surface area contributed by atoms with Crippen LogP contribution in [0, 0.1) is 19.8 Å². The number of hydrogen-bond donors (Lipinski definition) is 4. The summed E-state index contributed by atoms with van der Waals surface area (Å²) in [7, 11) is 0. The number of benzene rings is 2. The molecule has 1 aliphatic carbocycles. The first-order valence-electron chi connectivity index (χ1n) is 10.8. The molecule has 3 rings (SSSR count). The first-order valence-corrected chi connectivity index (χ1v) is 11.6. The maximum Gasteiger partial charge on any atom is 1.00 e. The maximum absolute atomic E-state index is 13.1. The Bertz CT molecular complexity index is 1060. The summed E-state index contributed by atoms with van der Waals surface area (Å²) in [6.07, 6.45) is 4.40. The number of rotatable bonds is 6. The number of carbonyl (C=O) groups excluding carboxylic acids is 2. The van der Waals surface area contributed by atoms with E-state index in [1.54, 1.807) is 0 Å². The van der Waals surface area contributed by atoms with E-state index >= 15 is 0 Å². The Labute approximate surface area is 226 Å². The largest absolute Gasteiger partial charge is 1.00 e. The molecule has 0 aromatic heterocycles. The Morgan fingerprint density at radius 2 is 1.54 bits per heavy atom. The van der Waals surface area contributed by atoms with E-state index in [1.165, 1.54) is 12.1 Å². The second-order valence-electron chi connectivity index (χ2n) is 8.35. The molecule has 0 saturated heterocycles. The standard InChI is InChI=1S/C24H27Cl2N3O4.Li.H2O/c1-13-7-6-8-14(2)20(13)29-24(33)27-19-12-18(26)17(25)11-16(19)22(30)28-21(23(31)32)15-9-4-3-5-10-15;;/h6-8,11-12,15,21H,3-5,9-10H2,1-2H3,(H,28,30)(H,31,32)(H2,27,29,33);;1H2/q;+1;/p-1/t21-;;/m0../s1. The van der Waals surface area contributed by atoms with E-state index in [4.69, 9.17) is 23.2 Å². The average molecular weight is 516 g/mol. The number of aryl methyl sites for hydroxylation is 2. The van der Waals surface area contributed by atoms with E-state index in [0.717, 1.165) is 43.2 Å². The van der Waals surface area contributed by atoms with E-state index in [9.17, 15) is 19.5 Å². The molecule has 2 aromatic rings. The molecule has 1 aliphatic rings. The van der Waals surface area contributed by atoms with Gasteiger partial charge in [0.15, 0.2) is 0 Å². The van der Waals surface area contributed by atoms with Crippen molar-refractivity contribution in [3.05, 3.63) is 57.1 Å². The van der Waals surface area contributed by atoms with E-state index in [2.05, 4.69) is 16.0 Å². The van der Waals surface area contributed by atoms with Gasteiger partial charge in [-0.3, -0.25) is 4.79 Å². The van der Waals surface area contributed by atoms with E-state index in [-0.39, 0.29) is 51.6 Å². The van der Waals surface area contributed by atoms with Crippen LogP contribution in [0.1, 0.15) is 53.6 Å². The molecule has 1 saturated carbocycles. The molecule has 5 N–H and O–H groups in total. The number of para-hydroxylation sites is 1. The van der Waals surface area contributed by atoms with Crippen LogP contribution >= 0.6 is 23.2 Å². The Morgan fingerprint density at radius 1 is 0.971 bits per heavy atom. The van der Waals surface area contributed by atoms with Gasteiger partial charge in [0.25, 0.3) is 5.91 Å². The van der Waals surface area contributed by atoms with Crippen molar-refractivity contribution >= 4 is 52.5 Å². The van der Waals surface area contributed by atoms with Crippen molar-refractivity contribution in [1.29, 1.82) is 0 Å². The van der Waals surface area contributed by atoms with Crippen LogP contribution < -0.4 is 34.8 Å². The van der Waals surface area contributed by atoms with Crippen molar-refractivity contribution < 1.29 is 43.8 Å². The van der Waals surface area contributed by atoms with Crippen molar-refractivity contribution in [2.45, 2.75) is 52.0 Å². The maximum atomic E-state index is 13.1. The van der Waals surface area contributed by atoms with Crippen LogP contribution in [-0.2, 0) is 4.79 Å². The fourth-order valence-electron chi connectivity index (χ4n) is 4.18. The van der Waals surface area contributed by atoms with Crippen LogP contribution in [0.3, 0.4) is 0 Å². The minimum absolute atomic E-state index is 0. The van der Waals surface area contributed by atoms with E-state index < -0.39 is 23.9 Å².